The van der Waals surface area contributed by atoms with Crippen molar-refractivity contribution in [2.24, 2.45) is 5.92 Å². The van der Waals surface area contributed by atoms with Crippen molar-refractivity contribution in [1.29, 1.82) is 0 Å². The van der Waals surface area contributed by atoms with Gasteiger partial charge in [-0.3, -0.25) is 4.79 Å². The van der Waals surface area contributed by atoms with Gasteiger partial charge in [0.1, 0.15) is 0 Å². The monoisotopic (exact) mass is 182 g/mol. The maximum atomic E-state index is 11.1. The first-order valence-corrected chi connectivity index (χ1v) is 4.94. The van der Waals surface area contributed by atoms with Crippen molar-refractivity contribution in [3.8, 4) is 0 Å². The SMILES string of the molecule is CC=CC(=O)NCC1CCCNC1. The minimum atomic E-state index is 0.0214. The van der Waals surface area contributed by atoms with E-state index < -0.39 is 0 Å². The molecule has 0 spiro atoms. The van der Waals surface area contributed by atoms with Gasteiger partial charge in [0.15, 0.2) is 0 Å². The number of piperidine rings is 1. The summed E-state index contributed by atoms with van der Waals surface area (Å²) >= 11 is 0. The van der Waals surface area contributed by atoms with E-state index in [1.54, 1.807) is 12.2 Å². The number of amides is 1. The van der Waals surface area contributed by atoms with E-state index in [9.17, 15) is 4.79 Å². The smallest absolute Gasteiger partial charge is 0.243 e. The largest absolute Gasteiger partial charge is 0.352 e. The van der Waals surface area contributed by atoms with Crippen LogP contribution in [0.5, 0.6) is 0 Å². The molecule has 0 aliphatic carbocycles. The van der Waals surface area contributed by atoms with Crippen LogP contribution < -0.4 is 10.6 Å². The Kier molecular flexibility index (Phi) is 4.54. The average Bonchev–Trinajstić information content (AvgIpc) is 2.17. The van der Waals surface area contributed by atoms with E-state index in [4.69, 9.17) is 0 Å². The Bertz CT molecular complexity index is 183. The summed E-state index contributed by atoms with van der Waals surface area (Å²) in [7, 11) is 0. The molecule has 1 amide bonds. The zero-order valence-corrected chi connectivity index (χ0v) is 8.18. The Morgan fingerprint density at radius 3 is 3.15 bits per heavy atom. The van der Waals surface area contributed by atoms with Crippen molar-refractivity contribution in [2.75, 3.05) is 19.6 Å². The summed E-state index contributed by atoms with van der Waals surface area (Å²) in [4.78, 5) is 11.1. The van der Waals surface area contributed by atoms with E-state index >= 15 is 0 Å². The van der Waals surface area contributed by atoms with Crippen molar-refractivity contribution < 1.29 is 4.79 Å². The van der Waals surface area contributed by atoms with Gasteiger partial charge in [0.25, 0.3) is 0 Å². The van der Waals surface area contributed by atoms with Crippen LogP contribution >= 0.6 is 0 Å². The molecule has 1 aliphatic heterocycles. The van der Waals surface area contributed by atoms with E-state index in [0.717, 1.165) is 19.6 Å². The third-order valence-corrected chi connectivity index (χ3v) is 2.28. The fourth-order valence-corrected chi connectivity index (χ4v) is 1.55. The number of allylic oxidation sites excluding steroid dienone is 1. The van der Waals surface area contributed by atoms with Gasteiger partial charge in [-0.15, -0.1) is 0 Å². The highest BCUT2D eigenvalue weighted by molar-refractivity contribution is 5.87. The molecule has 0 aromatic heterocycles. The molecule has 2 N–H and O–H groups in total. The number of hydrogen-bond acceptors (Lipinski definition) is 2. The quantitative estimate of drug-likeness (QED) is 0.630. The molecule has 1 rings (SSSR count). The van der Waals surface area contributed by atoms with Gasteiger partial charge in [-0.25, -0.2) is 0 Å². The molecule has 0 radical (unpaired) electrons. The molecular weight excluding hydrogens is 164 g/mol. The molecular formula is C10H18N2O. The lowest BCUT2D eigenvalue weighted by Crippen LogP contribution is -2.37. The van der Waals surface area contributed by atoms with E-state index in [0.29, 0.717) is 5.92 Å². The van der Waals surface area contributed by atoms with Gasteiger partial charge in [-0.2, -0.15) is 0 Å². The molecule has 74 valence electrons. The highest BCUT2D eigenvalue weighted by Crippen LogP contribution is 2.07. The van der Waals surface area contributed by atoms with Crippen LogP contribution in [-0.2, 0) is 4.79 Å². The van der Waals surface area contributed by atoms with Gasteiger partial charge in [0.2, 0.25) is 5.91 Å². The maximum absolute atomic E-state index is 11.1. The molecule has 1 atom stereocenters. The molecule has 0 saturated carbocycles. The fourth-order valence-electron chi connectivity index (χ4n) is 1.55. The number of rotatable bonds is 3. The first kappa shape index (κ1) is 10.3. The van der Waals surface area contributed by atoms with Crippen LogP contribution in [0.15, 0.2) is 12.2 Å². The lowest BCUT2D eigenvalue weighted by Gasteiger charge is -2.22. The van der Waals surface area contributed by atoms with Gasteiger partial charge in [0, 0.05) is 6.54 Å². The number of hydrogen-bond donors (Lipinski definition) is 2. The minimum Gasteiger partial charge on any atom is -0.352 e. The summed E-state index contributed by atoms with van der Waals surface area (Å²) in [5.41, 5.74) is 0. The maximum Gasteiger partial charge on any atom is 0.243 e. The molecule has 3 heteroatoms. The van der Waals surface area contributed by atoms with Gasteiger partial charge >= 0.3 is 0 Å². The third-order valence-electron chi connectivity index (χ3n) is 2.28. The van der Waals surface area contributed by atoms with Crippen LogP contribution in [0.4, 0.5) is 0 Å². The molecule has 0 aromatic carbocycles. The Labute approximate surface area is 79.6 Å². The fraction of sp³-hybridized carbons (Fsp3) is 0.700. The van der Waals surface area contributed by atoms with Gasteiger partial charge in [-0.05, 0) is 44.8 Å². The summed E-state index contributed by atoms with van der Waals surface area (Å²) in [5.74, 6) is 0.635. The summed E-state index contributed by atoms with van der Waals surface area (Å²) < 4.78 is 0. The van der Waals surface area contributed by atoms with Gasteiger partial charge in [0.05, 0.1) is 0 Å². The number of carbonyl (C=O) groups is 1. The van der Waals surface area contributed by atoms with Crippen LogP contribution in [0, 0.1) is 5.92 Å². The summed E-state index contributed by atoms with van der Waals surface area (Å²) in [5, 5.41) is 6.21. The highest BCUT2D eigenvalue weighted by Gasteiger charge is 2.12. The zero-order valence-electron chi connectivity index (χ0n) is 8.18. The average molecular weight is 182 g/mol. The topological polar surface area (TPSA) is 41.1 Å². The van der Waals surface area contributed by atoms with Gasteiger partial charge in [-0.1, -0.05) is 6.08 Å². The van der Waals surface area contributed by atoms with Crippen molar-refractivity contribution >= 4 is 5.91 Å². The summed E-state index contributed by atoms with van der Waals surface area (Å²) in [6, 6.07) is 0. The van der Waals surface area contributed by atoms with Crippen LogP contribution in [-0.4, -0.2) is 25.5 Å². The van der Waals surface area contributed by atoms with Crippen molar-refractivity contribution in [1.82, 2.24) is 10.6 Å². The second kappa shape index (κ2) is 5.75. The van der Waals surface area contributed by atoms with E-state index in [1.165, 1.54) is 12.8 Å². The molecule has 0 aromatic rings. The molecule has 0 bridgehead atoms. The minimum absolute atomic E-state index is 0.0214. The molecule has 13 heavy (non-hydrogen) atoms. The molecule has 1 aliphatic rings. The van der Waals surface area contributed by atoms with E-state index in [2.05, 4.69) is 10.6 Å². The highest BCUT2D eigenvalue weighted by atomic mass is 16.1. The molecule has 3 nitrogen and oxygen atoms in total. The van der Waals surface area contributed by atoms with Crippen molar-refractivity contribution in [2.45, 2.75) is 19.8 Å². The van der Waals surface area contributed by atoms with Gasteiger partial charge < -0.3 is 10.6 Å². The standard InChI is InChI=1S/C10H18N2O/c1-2-4-10(13)12-8-9-5-3-6-11-7-9/h2,4,9,11H,3,5-8H2,1H3,(H,12,13). The van der Waals surface area contributed by atoms with Crippen LogP contribution in [0.2, 0.25) is 0 Å². The Balaban J connectivity index is 2.13. The van der Waals surface area contributed by atoms with Crippen molar-refractivity contribution in [3.05, 3.63) is 12.2 Å². The predicted octanol–water partition coefficient (Wildman–Crippen LogP) is 0.678. The van der Waals surface area contributed by atoms with E-state index in [1.807, 2.05) is 6.92 Å². The molecule has 1 saturated heterocycles. The van der Waals surface area contributed by atoms with Crippen LogP contribution in [0.25, 0.3) is 0 Å². The lowest BCUT2D eigenvalue weighted by molar-refractivity contribution is -0.116. The first-order valence-electron chi connectivity index (χ1n) is 4.94. The summed E-state index contributed by atoms with van der Waals surface area (Å²) in [6.07, 6.45) is 5.78. The summed E-state index contributed by atoms with van der Waals surface area (Å²) in [6.45, 7) is 4.81. The van der Waals surface area contributed by atoms with Crippen molar-refractivity contribution in [3.63, 3.8) is 0 Å². The Morgan fingerprint density at radius 1 is 1.69 bits per heavy atom. The molecule has 1 heterocycles. The number of carbonyl (C=O) groups excluding carboxylic acids is 1. The normalized spacial score (nSPS) is 23.3. The second-order valence-electron chi connectivity index (χ2n) is 3.46. The molecule has 1 unspecified atom stereocenters. The Hall–Kier alpha value is -0.830. The molecule has 1 fully saturated rings. The first-order chi connectivity index (χ1) is 6.33. The van der Waals surface area contributed by atoms with E-state index in [-0.39, 0.29) is 5.91 Å². The zero-order chi connectivity index (χ0) is 9.52. The lowest BCUT2D eigenvalue weighted by atomic mass is 10.00. The predicted molar refractivity (Wildman–Crippen MR) is 53.4 cm³/mol. The van der Waals surface area contributed by atoms with Crippen LogP contribution in [0.1, 0.15) is 19.8 Å². The third kappa shape index (κ3) is 4.08. The van der Waals surface area contributed by atoms with Crippen LogP contribution in [0.3, 0.4) is 0 Å². The number of nitrogens with one attached hydrogen (secondary N) is 2. The second-order valence-corrected chi connectivity index (χ2v) is 3.46. The Morgan fingerprint density at radius 2 is 2.54 bits per heavy atom.